The van der Waals surface area contributed by atoms with Gasteiger partial charge in [0.1, 0.15) is 28.9 Å². The van der Waals surface area contributed by atoms with Gasteiger partial charge >= 0.3 is 0 Å². The zero-order chi connectivity index (χ0) is 24.6. The molecule has 3 aliphatic carbocycles. The Morgan fingerprint density at radius 1 is 1.18 bits per heavy atom. The van der Waals surface area contributed by atoms with Crippen LogP contribution in [0.25, 0.3) is 0 Å². The molecule has 0 radical (unpaired) electrons. The minimum absolute atomic E-state index is 0.0238. The summed E-state index contributed by atoms with van der Waals surface area (Å²) in [7, 11) is 0. The van der Waals surface area contributed by atoms with Gasteiger partial charge in [-0.05, 0) is 46.0 Å². The number of rotatable bonds is 3. The predicted octanol–water partition coefficient (Wildman–Crippen LogP) is 4.89. The van der Waals surface area contributed by atoms with Gasteiger partial charge in [-0.3, -0.25) is 9.59 Å². The summed E-state index contributed by atoms with van der Waals surface area (Å²) >= 11 is 0. The Kier molecular flexibility index (Phi) is 4.07. The van der Waals surface area contributed by atoms with Crippen LogP contribution in [0.2, 0.25) is 0 Å². The lowest BCUT2D eigenvalue weighted by Crippen LogP contribution is -2.72. The second kappa shape index (κ2) is 6.26. The molecule has 1 aromatic rings. The van der Waals surface area contributed by atoms with Gasteiger partial charge in [0, 0.05) is 34.5 Å². The first kappa shape index (κ1) is 22.1. The summed E-state index contributed by atoms with van der Waals surface area (Å²) in [5.41, 5.74) is -2.07. The van der Waals surface area contributed by atoms with Crippen molar-refractivity contribution in [3.8, 4) is 17.2 Å². The number of benzene rings is 1. The summed E-state index contributed by atoms with van der Waals surface area (Å²) in [6.07, 6.45) is 3.52. The quantitative estimate of drug-likeness (QED) is 0.683. The van der Waals surface area contributed by atoms with Crippen molar-refractivity contribution >= 4 is 11.6 Å². The van der Waals surface area contributed by atoms with Gasteiger partial charge < -0.3 is 19.3 Å². The van der Waals surface area contributed by atoms with E-state index in [1.165, 1.54) is 6.07 Å². The molecule has 6 nitrogen and oxygen atoms in total. The molecule has 0 amide bonds. The van der Waals surface area contributed by atoms with Crippen LogP contribution in [0.3, 0.4) is 0 Å². The summed E-state index contributed by atoms with van der Waals surface area (Å²) in [4.78, 5) is 28.1. The van der Waals surface area contributed by atoms with E-state index >= 15 is 0 Å². The number of hydrogen-bond acceptors (Lipinski definition) is 6. The first-order chi connectivity index (χ1) is 15.8. The monoisotopic (exact) mass is 466 g/mol. The topological polar surface area (TPSA) is 82.1 Å². The Morgan fingerprint density at radius 3 is 2.56 bits per heavy atom. The summed E-state index contributed by atoms with van der Waals surface area (Å²) in [5.74, 6) is 0.352. The van der Waals surface area contributed by atoms with E-state index in [1.807, 2.05) is 20.8 Å². The smallest absolute Gasteiger partial charge is 0.200 e. The highest BCUT2D eigenvalue weighted by Gasteiger charge is 2.81. The first-order valence-electron chi connectivity index (χ1n) is 12.6. The Bertz CT molecular complexity index is 1190. The van der Waals surface area contributed by atoms with E-state index in [-0.39, 0.29) is 40.8 Å². The van der Waals surface area contributed by atoms with Crippen LogP contribution in [0, 0.1) is 17.8 Å². The average Bonchev–Trinajstić information content (AvgIpc) is 3.05. The van der Waals surface area contributed by atoms with Crippen LogP contribution < -0.4 is 9.47 Å². The standard InChI is InChI=1S/C28H34O6/c1-13(2)8-9-27-24(31)15-10-16-22(30)20-17(29)12-18-21(25(4,5)14(3)32-18)23(20)33-28(16,27)19(11-15)26(6,7)34-27/h10,12-15,19,29H,8-9,11H2,1-7H3/t14-,15?,19?,27-,28?/m1/s1. The van der Waals surface area contributed by atoms with Gasteiger partial charge in [0.25, 0.3) is 0 Å². The number of phenolic OH excluding ortho intramolecular Hbond substituents is 1. The lowest BCUT2D eigenvalue weighted by atomic mass is 9.51. The van der Waals surface area contributed by atoms with Crippen LogP contribution >= 0.6 is 0 Å². The Morgan fingerprint density at radius 2 is 1.88 bits per heavy atom. The summed E-state index contributed by atoms with van der Waals surface area (Å²) < 4.78 is 19.9. The number of allylic oxidation sites excluding steroid dienone is 1. The largest absolute Gasteiger partial charge is 0.507 e. The van der Waals surface area contributed by atoms with Gasteiger partial charge in [-0.1, -0.05) is 33.8 Å². The summed E-state index contributed by atoms with van der Waals surface area (Å²) in [6, 6.07) is 1.54. The molecule has 3 unspecified atom stereocenters. The molecule has 1 saturated carbocycles. The molecule has 0 aromatic heterocycles. The maximum Gasteiger partial charge on any atom is 0.200 e. The molecule has 4 bridgehead atoms. The average molecular weight is 467 g/mol. The molecule has 1 N–H and O–H groups in total. The molecule has 6 aliphatic rings. The van der Waals surface area contributed by atoms with Gasteiger partial charge in [-0.25, -0.2) is 0 Å². The number of ketones is 2. The Labute approximate surface area is 200 Å². The fourth-order valence-electron chi connectivity index (χ4n) is 7.37. The molecule has 5 atom stereocenters. The SMILES string of the molecule is CC(C)CC[C@]12OC(C)(C)C3CC(C=C4C(=O)c5c(O)cc6c(c5OC431)C(C)(C)[C@@H](C)O6)C2=O. The molecule has 1 saturated heterocycles. The molecule has 6 heteroatoms. The highest BCUT2D eigenvalue weighted by Crippen LogP contribution is 2.69. The fraction of sp³-hybridized carbons (Fsp3) is 0.643. The Balaban J connectivity index is 1.65. The second-order valence-electron chi connectivity index (χ2n) is 12.4. The summed E-state index contributed by atoms with van der Waals surface area (Å²) in [6.45, 7) is 14.4. The molecule has 2 fully saturated rings. The van der Waals surface area contributed by atoms with Crippen molar-refractivity contribution in [3.63, 3.8) is 0 Å². The van der Waals surface area contributed by atoms with E-state index in [0.717, 1.165) is 12.0 Å². The lowest BCUT2D eigenvalue weighted by Gasteiger charge is -2.56. The van der Waals surface area contributed by atoms with Gasteiger partial charge in [-0.15, -0.1) is 0 Å². The van der Waals surface area contributed by atoms with E-state index in [1.54, 1.807) is 6.08 Å². The number of carbonyl (C=O) groups is 2. The molecule has 34 heavy (non-hydrogen) atoms. The molecule has 3 aliphatic heterocycles. The number of fused-ring (bicyclic) bond motifs is 3. The van der Waals surface area contributed by atoms with Gasteiger partial charge in [0.15, 0.2) is 22.8 Å². The first-order valence-corrected chi connectivity index (χ1v) is 12.6. The highest BCUT2D eigenvalue weighted by molar-refractivity contribution is 6.18. The normalized spacial score (nSPS) is 37.6. The van der Waals surface area contributed by atoms with Crippen LogP contribution in [0.15, 0.2) is 17.7 Å². The molecule has 182 valence electrons. The van der Waals surface area contributed by atoms with Gasteiger partial charge in [-0.2, -0.15) is 0 Å². The Hall–Kier alpha value is -2.34. The molecular weight excluding hydrogens is 432 g/mol. The van der Waals surface area contributed by atoms with Crippen molar-refractivity contribution in [2.45, 2.75) is 96.1 Å². The van der Waals surface area contributed by atoms with E-state index in [2.05, 4.69) is 27.7 Å². The third-order valence-corrected chi connectivity index (χ3v) is 9.36. The predicted molar refractivity (Wildman–Crippen MR) is 126 cm³/mol. The van der Waals surface area contributed by atoms with Crippen molar-refractivity contribution in [1.29, 1.82) is 0 Å². The van der Waals surface area contributed by atoms with Crippen LogP contribution in [0.4, 0.5) is 0 Å². The van der Waals surface area contributed by atoms with E-state index in [9.17, 15) is 14.7 Å². The maximum absolute atomic E-state index is 14.1. The fourth-order valence-corrected chi connectivity index (χ4v) is 7.37. The van der Waals surface area contributed by atoms with E-state index < -0.39 is 22.2 Å². The number of ether oxygens (including phenoxy) is 3. The van der Waals surface area contributed by atoms with E-state index in [0.29, 0.717) is 35.8 Å². The van der Waals surface area contributed by atoms with Crippen molar-refractivity contribution < 1.29 is 28.9 Å². The highest BCUT2D eigenvalue weighted by atomic mass is 16.6. The zero-order valence-corrected chi connectivity index (χ0v) is 21.1. The number of aromatic hydroxyl groups is 1. The molecule has 7 rings (SSSR count). The molecular formula is C28H34O6. The van der Waals surface area contributed by atoms with Crippen LogP contribution in [-0.4, -0.2) is 39.6 Å². The third-order valence-electron chi connectivity index (χ3n) is 9.36. The number of Topliss-reactive ketones (excluding diaryl/α,β-unsaturated/α-hetero) is 2. The maximum atomic E-state index is 14.1. The van der Waals surface area contributed by atoms with Crippen LogP contribution in [-0.2, 0) is 14.9 Å². The molecule has 3 heterocycles. The number of hydrogen-bond donors (Lipinski definition) is 1. The third kappa shape index (κ3) is 2.27. The molecule has 1 spiro atoms. The molecule has 1 aromatic carbocycles. The second-order valence-corrected chi connectivity index (χ2v) is 12.4. The van der Waals surface area contributed by atoms with Gasteiger partial charge in [0.2, 0.25) is 0 Å². The number of carbonyl (C=O) groups excluding carboxylic acids is 2. The zero-order valence-electron chi connectivity index (χ0n) is 21.1. The van der Waals surface area contributed by atoms with Crippen molar-refractivity contribution in [2.24, 2.45) is 17.8 Å². The van der Waals surface area contributed by atoms with Gasteiger partial charge in [0.05, 0.1) is 5.60 Å². The van der Waals surface area contributed by atoms with E-state index in [4.69, 9.17) is 14.2 Å². The van der Waals surface area contributed by atoms with Crippen molar-refractivity contribution in [3.05, 3.63) is 28.8 Å². The van der Waals surface area contributed by atoms with Crippen LogP contribution in [0.1, 0.15) is 83.7 Å². The minimum Gasteiger partial charge on any atom is -0.507 e. The summed E-state index contributed by atoms with van der Waals surface area (Å²) in [5, 5.41) is 10.9. The van der Waals surface area contributed by atoms with Crippen molar-refractivity contribution in [1.82, 2.24) is 0 Å². The lowest BCUT2D eigenvalue weighted by molar-refractivity contribution is -0.175. The van der Waals surface area contributed by atoms with Crippen molar-refractivity contribution in [2.75, 3.05) is 0 Å². The minimum atomic E-state index is -1.22. The van der Waals surface area contributed by atoms with Crippen LogP contribution in [0.5, 0.6) is 17.2 Å². The number of phenols is 1.